The molecule has 0 fully saturated rings. The number of hydrogen-bond acceptors (Lipinski definition) is 8. The fraction of sp³-hybridized carbons (Fsp3) is 0.190. The second kappa shape index (κ2) is 9.23. The molecule has 0 amide bonds. The quantitative estimate of drug-likeness (QED) is 0.243. The number of nitrogens with zero attached hydrogens (tertiary/aromatic N) is 1. The number of hydrazine groups is 1. The molecule has 3 aromatic rings. The summed E-state index contributed by atoms with van der Waals surface area (Å²) in [5, 5.41) is 16.0. The normalized spacial score (nSPS) is 15.7. The molecule has 156 valence electrons. The summed E-state index contributed by atoms with van der Waals surface area (Å²) in [7, 11) is 1.65. The number of thiocarbonyl (C=S) groups is 1. The van der Waals surface area contributed by atoms with E-state index in [9.17, 15) is 5.21 Å². The molecule has 30 heavy (non-hydrogen) atoms. The van der Waals surface area contributed by atoms with Crippen LogP contribution in [-0.2, 0) is 11.2 Å². The minimum absolute atomic E-state index is 0.0873. The summed E-state index contributed by atoms with van der Waals surface area (Å²) in [6.07, 6.45) is 0.557. The molecule has 0 aliphatic carbocycles. The molecule has 0 spiro atoms. The van der Waals surface area contributed by atoms with Crippen LogP contribution in [0.1, 0.15) is 12.5 Å². The minimum atomic E-state index is -0.0873. The van der Waals surface area contributed by atoms with Crippen molar-refractivity contribution in [2.24, 2.45) is 0 Å². The van der Waals surface area contributed by atoms with E-state index in [-0.39, 0.29) is 6.10 Å². The van der Waals surface area contributed by atoms with E-state index >= 15 is 0 Å². The Hall–Kier alpha value is -2.30. The van der Waals surface area contributed by atoms with Gasteiger partial charge in [0.2, 0.25) is 0 Å². The van der Waals surface area contributed by atoms with E-state index in [0.717, 1.165) is 42.6 Å². The molecule has 1 aliphatic heterocycles. The number of anilines is 2. The van der Waals surface area contributed by atoms with Gasteiger partial charge in [0.1, 0.15) is 11.9 Å². The van der Waals surface area contributed by atoms with Crippen LogP contribution in [0.2, 0.25) is 0 Å². The topological polar surface area (TPSA) is 66.0 Å². The highest BCUT2D eigenvalue weighted by atomic mass is 32.2. The molecular weight excluding hydrogens is 438 g/mol. The highest BCUT2D eigenvalue weighted by molar-refractivity contribution is 7.98. The van der Waals surface area contributed by atoms with Crippen molar-refractivity contribution in [1.82, 2.24) is 4.58 Å². The number of hydrogen-bond donors (Lipinski definition) is 3. The molecule has 0 saturated carbocycles. The first-order valence-electron chi connectivity index (χ1n) is 9.28. The van der Waals surface area contributed by atoms with Crippen LogP contribution in [0, 0.1) is 0 Å². The Bertz CT molecular complexity index is 1030. The zero-order valence-corrected chi connectivity index (χ0v) is 18.9. The predicted octanol–water partition coefficient (Wildman–Crippen LogP) is 5.81. The molecule has 1 aliphatic rings. The van der Waals surface area contributed by atoms with Crippen LogP contribution >= 0.6 is 35.5 Å². The van der Waals surface area contributed by atoms with Crippen molar-refractivity contribution in [2.75, 3.05) is 17.9 Å². The lowest BCUT2D eigenvalue weighted by Gasteiger charge is -2.21. The molecule has 1 aromatic heterocycles. The Morgan fingerprint density at radius 2 is 2.07 bits per heavy atom. The molecule has 1 atom stereocenters. The van der Waals surface area contributed by atoms with Crippen LogP contribution in [0.15, 0.2) is 58.1 Å². The molecule has 9 heteroatoms. The van der Waals surface area contributed by atoms with Gasteiger partial charge in [-0.3, -0.25) is 10.6 Å². The number of thiophene rings is 1. The van der Waals surface area contributed by atoms with Crippen LogP contribution in [0.5, 0.6) is 5.75 Å². The Kier molecular flexibility index (Phi) is 6.45. The number of ether oxygens (including phenoxy) is 2. The van der Waals surface area contributed by atoms with Crippen molar-refractivity contribution in [3.05, 3.63) is 59.5 Å². The van der Waals surface area contributed by atoms with Gasteiger partial charge >= 0.3 is 0 Å². The van der Waals surface area contributed by atoms with Crippen LogP contribution in [-0.4, -0.2) is 28.2 Å². The first kappa shape index (κ1) is 21.0. The molecule has 3 N–H and O–H groups in total. The van der Waals surface area contributed by atoms with Gasteiger partial charge in [-0.15, -0.1) is 11.3 Å². The lowest BCUT2D eigenvalue weighted by molar-refractivity contribution is 0.0438. The first-order chi connectivity index (χ1) is 14.5. The zero-order chi connectivity index (χ0) is 21.1. The van der Waals surface area contributed by atoms with E-state index in [1.54, 1.807) is 18.4 Å². The van der Waals surface area contributed by atoms with Gasteiger partial charge in [-0.1, -0.05) is 18.2 Å². The Labute approximate surface area is 188 Å². The molecule has 0 saturated heterocycles. The van der Waals surface area contributed by atoms with Crippen molar-refractivity contribution in [1.29, 1.82) is 0 Å². The van der Waals surface area contributed by atoms with Gasteiger partial charge in [0.05, 0.1) is 17.0 Å². The third kappa shape index (κ3) is 4.88. The second-order valence-corrected chi connectivity index (χ2v) is 9.28. The van der Waals surface area contributed by atoms with Gasteiger partial charge in [0.25, 0.3) is 5.17 Å². The third-order valence-electron chi connectivity index (χ3n) is 4.60. The van der Waals surface area contributed by atoms with Crippen molar-refractivity contribution >= 4 is 52.1 Å². The number of benzene rings is 2. The summed E-state index contributed by atoms with van der Waals surface area (Å²) in [6.45, 7) is 1.97. The average molecular weight is 460 g/mol. The summed E-state index contributed by atoms with van der Waals surface area (Å²) in [4.78, 5) is 0. The minimum Gasteiger partial charge on any atom is -0.497 e. The van der Waals surface area contributed by atoms with E-state index in [2.05, 4.69) is 10.7 Å². The molecule has 4 rings (SSSR count). The van der Waals surface area contributed by atoms with Crippen LogP contribution in [0.25, 0.3) is 11.1 Å². The first-order valence-corrected chi connectivity index (χ1v) is 11.3. The lowest BCUT2D eigenvalue weighted by atomic mass is 9.97. The number of methoxy groups -OCH3 is 1. The highest BCUT2D eigenvalue weighted by Crippen LogP contribution is 2.37. The van der Waals surface area contributed by atoms with Gasteiger partial charge in [-0.2, -0.15) is 0 Å². The van der Waals surface area contributed by atoms with Gasteiger partial charge in [-0.25, -0.2) is 0 Å². The van der Waals surface area contributed by atoms with Crippen molar-refractivity contribution in [2.45, 2.75) is 23.7 Å². The molecule has 6 nitrogen and oxygen atoms in total. The molecule has 1 unspecified atom stereocenters. The monoisotopic (exact) mass is 459 g/mol. The van der Waals surface area contributed by atoms with Gasteiger partial charge in [0.15, 0.2) is 0 Å². The lowest BCUT2D eigenvalue weighted by Crippen LogP contribution is -2.20. The Morgan fingerprint density at radius 1 is 1.27 bits per heavy atom. The summed E-state index contributed by atoms with van der Waals surface area (Å²) >= 11 is 8.08. The molecule has 2 heterocycles. The van der Waals surface area contributed by atoms with Crippen molar-refractivity contribution in [3.63, 3.8) is 0 Å². The summed E-state index contributed by atoms with van der Waals surface area (Å²) in [5.41, 5.74) is 7.71. The maximum atomic E-state index is 10.5. The number of nitrogens with one attached hydrogen (secondary N) is 2. The maximum Gasteiger partial charge on any atom is 0.261 e. The molecular formula is C21H21N3O3S3. The second-order valence-electron chi connectivity index (χ2n) is 6.73. The van der Waals surface area contributed by atoms with Gasteiger partial charge in [-0.05, 0) is 70.6 Å². The Balaban J connectivity index is 1.71. The standard InChI is InChI=1S/C21H21N3O3S3/c1-13-10-17-18(22-21(28)27-13)11-15(14-5-7-16(26-2)8-6-14)12-19(17)23-24(25)30-20-4-3-9-29-20/h3-9,11-13,23,25H,10H2,1-2H3,(H,22,28). The van der Waals surface area contributed by atoms with Crippen LogP contribution in [0.3, 0.4) is 0 Å². The van der Waals surface area contributed by atoms with E-state index in [1.807, 2.05) is 60.8 Å². The highest BCUT2D eigenvalue weighted by Gasteiger charge is 2.22. The molecule has 0 bridgehead atoms. The van der Waals surface area contributed by atoms with E-state index < -0.39 is 0 Å². The summed E-state index contributed by atoms with van der Waals surface area (Å²) in [6, 6.07) is 15.8. The van der Waals surface area contributed by atoms with Crippen LogP contribution < -0.4 is 15.5 Å². The largest absolute Gasteiger partial charge is 0.497 e. The Morgan fingerprint density at radius 3 is 2.77 bits per heavy atom. The van der Waals surface area contributed by atoms with Crippen molar-refractivity contribution in [3.8, 4) is 16.9 Å². The fourth-order valence-corrected chi connectivity index (χ4v) is 4.96. The number of rotatable bonds is 6. The van der Waals surface area contributed by atoms with E-state index in [0.29, 0.717) is 11.6 Å². The third-order valence-corrected chi connectivity index (χ3v) is 6.55. The summed E-state index contributed by atoms with van der Waals surface area (Å²) < 4.78 is 13.0. The van der Waals surface area contributed by atoms with Gasteiger partial charge < -0.3 is 14.8 Å². The van der Waals surface area contributed by atoms with E-state index in [1.165, 1.54) is 11.9 Å². The van der Waals surface area contributed by atoms with Crippen LogP contribution in [0.4, 0.5) is 11.4 Å². The number of fused-ring (bicyclic) bond motifs is 1. The maximum absolute atomic E-state index is 10.5. The summed E-state index contributed by atoms with van der Waals surface area (Å²) in [5.74, 6) is 0.794. The molecule has 0 radical (unpaired) electrons. The smallest absolute Gasteiger partial charge is 0.261 e. The SMILES string of the molecule is COc1ccc(-c2cc3c(c(NN(O)Sc4cccs4)c2)CC(C)OC(=S)N3)cc1. The molecule has 2 aromatic carbocycles. The van der Waals surface area contributed by atoms with E-state index in [4.69, 9.17) is 21.7 Å². The zero-order valence-electron chi connectivity index (χ0n) is 16.4. The van der Waals surface area contributed by atoms with Crippen molar-refractivity contribution < 1.29 is 14.7 Å². The predicted molar refractivity (Wildman–Crippen MR) is 126 cm³/mol. The average Bonchev–Trinajstić information content (AvgIpc) is 3.17. The van der Waals surface area contributed by atoms with Gasteiger partial charge in [0, 0.05) is 29.6 Å². The fourth-order valence-electron chi connectivity index (χ4n) is 3.23.